The van der Waals surface area contributed by atoms with Crippen LogP contribution in [-0.2, 0) is 21.2 Å². The number of benzene rings is 1. The average molecular weight is 266 g/mol. The fraction of sp³-hybridized carbons (Fsp3) is 0.417. The molecule has 1 aliphatic rings. The fourth-order valence-electron chi connectivity index (χ4n) is 1.79. The van der Waals surface area contributed by atoms with E-state index in [1.165, 1.54) is 12.1 Å². The highest BCUT2D eigenvalue weighted by Gasteiger charge is 2.23. The van der Waals surface area contributed by atoms with Gasteiger partial charge >= 0.3 is 0 Å². The van der Waals surface area contributed by atoms with Crippen molar-refractivity contribution in [1.82, 2.24) is 4.72 Å². The van der Waals surface area contributed by atoms with Gasteiger partial charge in [-0.05, 0) is 24.1 Å². The van der Waals surface area contributed by atoms with Gasteiger partial charge in [0.1, 0.15) is 0 Å². The molecule has 0 bridgehead atoms. The van der Waals surface area contributed by atoms with Crippen molar-refractivity contribution in [1.29, 1.82) is 5.26 Å². The van der Waals surface area contributed by atoms with Gasteiger partial charge in [0, 0.05) is 12.6 Å². The summed E-state index contributed by atoms with van der Waals surface area (Å²) >= 11 is 0. The second kappa shape index (κ2) is 5.48. The first-order valence-electron chi connectivity index (χ1n) is 5.68. The highest BCUT2D eigenvalue weighted by atomic mass is 32.2. The number of nitriles is 1. The summed E-state index contributed by atoms with van der Waals surface area (Å²) in [6, 6.07) is 8.22. The molecule has 0 amide bonds. The van der Waals surface area contributed by atoms with Gasteiger partial charge in [0.15, 0.2) is 0 Å². The molecule has 1 fully saturated rings. The first-order valence-corrected chi connectivity index (χ1v) is 7.16. The Morgan fingerprint density at radius 2 is 2.11 bits per heavy atom. The van der Waals surface area contributed by atoms with Gasteiger partial charge in [-0.3, -0.25) is 0 Å². The molecule has 1 atom stereocenters. The predicted octanol–water partition coefficient (Wildman–Crippen LogP) is 0.820. The van der Waals surface area contributed by atoms with Crippen molar-refractivity contribution in [2.45, 2.75) is 23.8 Å². The van der Waals surface area contributed by atoms with Gasteiger partial charge < -0.3 is 4.74 Å². The topological polar surface area (TPSA) is 79.2 Å². The summed E-state index contributed by atoms with van der Waals surface area (Å²) in [5.41, 5.74) is 0.806. The molecule has 1 aromatic rings. The number of rotatable bonds is 4. The molecule has 0 aliphatic carbocycles. The lowest BCUT2D eigenvalue weighted by atomic mass is 10.2. The number of nitrogens with one attached hydrogen (secondary N) is 1. The van der Waals surface area contributed by atoms with Crippen LogP contribution in [0.4, 0.5) is 0 Å². The summed E-state index contributed by atoms with van der Waals surface area (Å²) in [5.74, 6) is 0. The van der Waals surface area contributed by atoms with Crippen molar-refractivity contribution in [3.8, 4) is 6.07 Å². The molecule has 0 saturated carbocycles. The van der Waals surface area contributed by atoms with Crippen molar-refractivity contribution in [3.63, 3.8) is 0 Å². The second-order valence-electron chi connectivity index (χ2n) is 4.16. The minimum Gasteiger partial charge on any atom is -0.380 e. The molecule has 6 heteroatoms. The zero-order valence-corrected chi connectivity index (χ0v) is 10.6. The van der Waals surface area contributed by atoms with Gasteiger partial charge in [-0.1, -0.05) is 12.1 Å². The third-order valence-corrected chi connectivity index (χ3v) is 4.30. The highest BCUT2D eigenvalue weighted by molar-refractivity contribution is 7.89. The minimum absolute atomic E-state index is 0.145. The lowest BCUT2D eigenvalue weighted by Gasteiger charge is -2.11. The summed E-state index contributed by atoms with van der Waals surface area (Å²) in [4.78, 5) is 0.219. The van der Waals surface area contributed by atoms with E-state index in [1.54, 1.807) is 12.1 Å². The van der Waals surface area contributed by atoms with Crippen LogP contribution in [0.5, 0.6) is 0 Å². The van der Waals surface area contributed by atoms with Crippen molar-refractivity contribution in [3.05, 3.63) is 29.8 Å². The smallest absolute Gasteiger partial charge is 0.240 e. The Bertz CT molecular complexity index is 540. The predicted molar refractivity (Wildman–Crippen MR) is 65.3 cm³/mol. The van der Waals surface area contributed by atoms with Crippen LogP contribution < -0.4 is 4.72 Å². The molecule has 1 saturated heterocycles. The van der Waals surface area contributed by atoms with Crippen LogP contribution in [0.15, 0.2) is 29.2 Å². The number of nitrogens with zero attached hydrogens (tertiary/aromatic N) is 1. The monoisotopic (exact) mass is 266 g/mol. The molecule has 1 N–H and O–H groups in total. The average Bonchev–Trinajstić information content (AvgIpc) is 2.82. The maximum absolute atomic E-state index is 12.0. The van der Waals surface area contributed by atoms with Crippen LogP contribution in [0.2, 0.25) is 0 Å². The lowest BCUT2D eigenvalue weighted by Crippen LogP contribution is -2.34. The van der Waals surface area contributed by atoms with E-state index < -0.39 is 10.0 Å². The minimum atomic E-state index is -3.49. The molecule has 0 spiro atoms. The normalized spacial score (nSPS) is 19.6. The second-order valence-corrected chi connectivity index (χ2v) is 5.87. The molecule has 96 valence electrons. The molecule has 1 unspecified atom stereocenters. The van der Waals surface area contributed by atoms with E-state index in [9.17, 15) is 8.42 Å². The summed E-state index contributed by atoms with van der Waals surface area (Å²) in [5, 5.41) is 8.54. The van der Waals surface area contributed by atoms with E-state index in [0.717, 1.165) is 5.56 Å². The van der Waals surface area contributed by atoms with Crippen LogP contribution in [-0.4, -0.2) is 27.7 Å². The van der Waals surface area contributed by atoms with Crippen LogP contribution in [0.25, 0.3) is 0 Å². The molecule has 1 aromatic carbocycles. The first kappa shape index (κ1) is 13.0. The molecule has 2 rings (SSSR count). The zero-order chi connectivity index (χ0) is 13.0. The van der Waals surface area contributed by atoms with Gasteiger partial charge in [0.25, 0.3) is 0 Å². The molecule has 0 radical (unpaired) electrons. The third-order valence-electron chi connectivity index (χ3n) is 2.77. The molecule has 1 heterocycles. The molecular weight excluding hydrogens is 252 g/mol. The Hall–Kier alpha value is -1.42. The van der Waals surface area contributed by atoms with Gasteiger partial charge in [-0.15, -0.1) is 0 Å². The SMILES string of the molecule is N#CCc1ccc(S(=O)(=O)NC2CCOC2)cc1. The number of sulfonamides is 1. The Morgan fingerprint density at radius 3 is 2.67 bits per heavy atom. The van der Waals surface area contributed by atoms with Crippen LogP contribution in [0, 0.1) is 11.3 Å². The Morgan fingerprint density at radius 1 is 1.39 bits per heavy atom. The van der Waals surface area contributed by atoms with E-state index in [-0.39, 0.29) is 17.4 Å². The van der Waals surface area contributed by atoms with E-state index in [0.29, 0.717) is 19.6 Å². The Balaban J connectivity index is 2.11. The largest absolute Gasteiger partial charge is 0.380 e. The highest BCUT2D eigenvalue weighted by Crippen LogP contribution is 2.13. The van der Waals surface area contributed by atoms with Gasteiger partial charge in [0.2, 0.25) is 10.0 Å². The van der Waals surface area contributed by atoms with Crippen LogP contribution in [0.3, 0.4) is 0 Å². The van der Waals surface area contributed by atoms with E-state index in [1.807, 2.05) is 6.07 Å². The van der Waals surface area contributed by atoms with Crippen LogP contribution in [0.1, 0.15) is 12.0 Å². The van der Waals surface area contributed by atoms with E-state index in [2.05, 4.69) is 4.72 Å². The lowest BCUT2D eigenvalue weighted by molar-refractivity contribution is 0.192. The molecule has 1 aliphatic heterocycles. The number of hydrogen-bond donors (Lipinski definition) is 1. The standard InChI is InChI=1S/C12H14N2O3S/c13-7-5-10-1-3-12(4-2-10)18(15,16)14-11-6-8-17-9-11/h1-4,11,14H,5-6,8-9H2. The van der Waals surface area contributed by atoms with E-state index in [4.69, 9.17) is 10.00 Å². The molecule has 5 nitrogen and oxygen atoms in total. The summed E-state index contributed by atoms with van der Waals surface area (Å²) < 4.78 is 31.8. The molecule has 18 heavy (non-hydrogen) atoms. The van der Waals surface area contributed by atoms with Crippen LogP contribution >= 0.6 is 0 Å². The molecular formula is C12H14N2O3S. The zero-order valence-electron chi connectivity index (χ0n) is 9.80. The van der Waals surface area contributed by atoms with Gasteiger partial charge in [0.05, 0.1) is 24.0 Å². The van der Waals surface area contributed by atoms with E-state index >= 15 is 0 Å². The van der Waals surface area contributed by atoms with Crippen molar-refractivity contribution in [2.75, 3.05) is 13.2 Å². The summed E-state index contributed by atoms with van der Waals surface area (Å²) in [6.07, 6.45) is 0.982. The maximum Gasteiger partial charge on any atom is 0.240 e. The van der Waals surface area contributed by atoms with Crippen molar-refractivity contribution >= 4 is 10.0 Å². The van der Waals surface area contributed by atoms with Crippen molar-refractivity contribution in [2.24, 2.45) is 0 Å². The van der Waals surface area contributed by atoms with Gasteiger partial charge in [-0.25, -0.2) is 13.1 Å². The maximum atomic E-state index is 12.0. The number of hydrogen-bond acceptors (Lipinski definition) is 4. The fourth-order valence-corrected chi connectivity index (χ4v) is 3.05. The van der Waals surface area contributed by atoms with Crippen molar-refractivity contribution < 1.29 is 13.2 Å². The number of ether oxygens (including phenoxy) is 1. The first-order chi connectivity index (χ1) is 8.62. The van der Waals surface area contributed by atoms with Gasteiger partial charge in [-0.2, -0.15) is 5.26 Å². The summed E-state index contributed by atoms with van der Waals surface area (Å²) in [7, 11) is -3.49. The Kier molecular flexibility index (Phi) is 3.97. The quantitative estimate of drug-likeness (QED) is 0.875. The third kappa shape index (κ3) is 3.07. The Labute approximate surface area is 106 Å². The summed E-state index contributed by atoms with van der Waals surface area (Å²) in [6.45, 7) is 1.01. The molecule has 0 aromatic heterocycles.